The van der Waals surface area contributed by atoms with E-state index in [-0.39, 0.29) is 75.5 Å². The van der Waals surface area contributed by atoms with Crippen molar-refractivity contribution in [1.82, 2.24) is 0 Å². The molecular formula is CdCuGeS. The molecule has 7 radical (unpaired) electrons. The summed E-state index contributed by atoms with van der Waals surface area (Å²) in [4.78, 5) is 0. The van der Waals surface area contributed by atoms with E-state index in [9.17, 15) is 0 Å². The summed E-state index contributed by atoms with van der Waals surface area (Å²) in [5.74, 6) is 0. The molecule has 0 amide bonds. The molecule has 0 unspecified atom stereocenters. The molecule has 0 saturated carbocycles. The van der Waals surface area contributed by atoms with Gasteiger partial charge >= 0.3 is 0 Å². The smallest absolute Gasteiger partial charge is 0 e. The number of rotatable bonds is 0. The van der Waals surface area contributed by atoms with Crippen LogP contribution in [0, 0.1) is 0 Å². The standard InChI is InChI=1S/Cd.Cu.Ge.S. The Kier molecular flexibility index (Phi) is 152. The monoisotopic (exact) mass is 283 g/mol. The van der Waals surface area contributed by atoms with E-state index in [0.29, 0.717) is 0 Å². The Balaban J connectivity index is 0. The van der Waals surface area contributed by atoms with E-state index in [0.717, 1.165) is 0 Å². The molecule has 0 aromatic carbocycles. The average molecular weight is 281 g/mol. The molecule has 0 aliphatic rings. The second kappa shape index (κ2) is 18.4. The Labute approximate surface area is 74.5 Å². The van der Waals surface area contributed by atoms with Crippen LogP contribution < -0.4 is 0 Å². The van der Waals surface area contributed by atoms with Crippen molar-refractivity contribution >= 4 is 31.1 Å². The zero-order chi connectivity index (χ0) is 0. The van der Waals surface area contributed by atoms with Crippen molar-refractivity contribution < 1.29 is 44.4 Å². The first-order valence-electron chi connectivity index (χ1n) is 0. The minimum atomic E-state index is 0. The summed E-state index contributed by atoms with van der Waals surface area (Å²) in [7, 11) is 0. The summed E-state index contributed by atoms with van der Waals surface area (Å²) in [6, 6.07) is 0. The fraction of sp³-hybridized carbons (Fsp3) is 0. The molecule has 0 nitrogen and oxygen atoms in total. The molecule has 0 N–H and O–H groups in total. The molecule has 0 spiro atoms. The average Bonchev–Trinajstić information content (AvgIpc) is 0. The van der Waals surface area contributed by atoms with Crippen LogP contribution in [0.3, 0.4) is 0 Å². The second-order valence-corrected chi connectivity index (χ2v) is 0. The fourth-order valence-electron chi connectivity index (χ4n) is 0. The molecule has 0 aliphatic carbocycles. The molecule has 0 aromatic heterocycles. The van der Waals surface area contributed by atoms with Crippen molar-refractivity contribution in [3.63, 3.8) is 0 Å². The molecule has 4 heavy (non-hydrogen) atoms. The van der Waals surface area contributed by atoms with Crippen molar-refractivity contribution in [2.24, 2.45) is 0 Å². The van der Waals surface area contributed by atoms with Gasteiger partial charge in [-0.15, -0.1) is 0 Å². The summed E-state index contributed by atoms with van der Waals surface area (Å²) >= 11 is 0. The third-order valence-corrected chi connectivity index (χ3v) is 0. The van der Waals surface area contributed by atoms with Crippen molar-refractivity contribution in [2.75, 3.05) is 0 Å². The molecule has 4 heteroatoms. The summed E-state index contributed by atoms with van der Waals surface area (Å²) in [5.41, 5.74) is 0. The first kappa shape index (κ1) is 33.1. The molecule has 0 aliphatic heterocycles. The van der Waals surface area contributed by atoms with Crippen LogP contribution in [-0.4, -0.2) is 17.6 Å². The van der Waals surface area contributed by atoms with E-state index in [2.05, 4.69) is 0 Å². The van der Waals surface area contributed by atoms with Crippen LogP contribution in [0.25, 0.3) is 0 Å². The summed E-state index contributed by atoms with van der Waals surface area (Å²) < 4.78 is 0. The van der Waals surface area contributed by atoms with Crippen LogP contribution in [0.4, 0.5) is 0 Å². The number of hydrogen-bond acceptors (Lipinski definition) is 0. The maximum atomic E-state index is 0. The third-order valence-electron chi connectivity index (χ3n) is 0. The Bertz CT molecular complexity index is 8.00. The van der Waals surface area contributed by atoms with Gasteiger partial charge in [-0.1, -0.05) is 0 Å². The van der Waals surface area contributed by atoms with Gasteiger partial charge in [-0.2, -0.15) is 0 Å². The van der Waals surface area contributed by atoms with Gasteiger partial charge in [0.2, 0.25) is 0 Å². The minimum Gasteiger partial charge on any atom is 0 e. The molecule has 0 fully saturated rings. The van der Waals surface area contributed by atoms with Crippen LogP contribution in [-0.2, 0) is 44.4 Å². The molecular weight excluding hydrogens is 281 g/mol. The Morgan fingerprint density at radius 1 is 1.00 bits per heavy atom. The van der Waals surface area contributed by atoms with Crippen LogP contribution in [0.2, 0.25) is 0 Å². The van der Waals surface area contributed by atoms with Gasteiger partial charge in [0.05, 0.1) is 0 Å². The Hall–Kier alpha value is 2.33. The van der Waals surface area contributed by atoms with Crippen molar-refractivity contribution in [3.8, 4) is 0 Å². The van der Waals surface area contributed by atoms with Crippen LogP contribution in [0.1, 0.15) is 0 Å². The maximum Gasteiger partial charge on any atom is 0 e. The van der Waals surface area contributed by atoms with Gasteiger partial charge < -0.3 is 0 Å². The van der Waals surface area contributed by atoms with Crippen molar-refractivity contribution in [1.29, 1.82) is 0 Å². The van der Waals surface area contributed by atoms with E-state index >= 15 is 0 Å². The molecule has 0 rings (SSSR count). The molecule has 0 aromatic rings. The molecule has 0 atom stereocenters. The summed E-state index contributed by atoms with van der Waals surface area (Å²) in [6.45, 7) is 0. The van der Waals surface area contributed by atoms with Gasteiger partial charge in [0.15, 0.2) is 0 Å². The SMILES string of the molecule is [Cd].[Cu].[Ge].[S]. The van der Waals surface area contributed by atoms with Gasteiger partial charge in [0, 0.05) is 75.5 Å². The fourth-order valence-corrected chi connectivity index (χ4v) is 0. The Morgan fingerprint density at radius 2 is 1.00 bits per heavy atom. The molecule has 23 valence electrons. The summed E-state index contributed by atoms with van der Waals surface area (Å²) in [6.07, 6.45) is 0. The topological polar surface area (TPSA) is 0 Å². The van der Waals surface area contributed by atoms with Crippen molar-refractivity contribution in [3.05, 3.63) is 0 Å². The van der Waals surface area contributed by atoms with E-state index in [1.807, 2.05) is 0 Å². The molecule has 0 saturated heterocycles. The van der Waals surface area contributed by atoms with Gasteiger partial charge in [0.25, 0.3) is 0 Å². The van der Waals surface area contributed by atoms with E-state index in [1.165, 1.54) is 0 Å². The first-order valence-corrected chi connectivity index (χ1v) is 0. The van der Waals surface area contributed by atoms with Gasteiger partial charge in [-0.3, -0.25) is 0 Å². The number of hydrogen-bond donors (Lipinski definition) is 0. The quantitative estimate of drug-likeness (QED) is 0.559. The third kappa shape index (κ3) is 8.84. The predicted molar refractivity (Wildman–Crippen MR) is 13.3 cm³/mol. The molecule has 0 heterocycles. The molecule has 0 bridgehead atoms. The van der Waals surface area contributed by atoms with Crippen molar-refractivity contribution in [2.45, 2.75) is 0 Å². The minimum absolute atomic E-state index is 0. The normalized spacial score (nSPS) is 0. The zero-order valence-electron chi connectivity index (χ0n) is 1.92. The zero-order valence-corrected chi connectivity index (χ0v) is 9.81. The largest absolute Gasteiger partial charge is 0 e. The second-order valence-electron chi connectivity index (χ2n) is 0. The summed E-state index contributed by atoms with van der Waals surface area (Å²) in [5, 5.41) is 0. The van der Waals surface area contributed by atoms with Crippen LogP contribution in [0.15, 0.2) is 0 Å². The van der Waals surface area contributed by atoms with Crippen LogP contribution in [0.5, 0.6) is 0 Å². The first-order chi connectivity index (χ1) is 0. The van der Waals surface area contributed by atoms with E-state index in [4.69, 9.17) is 0 Å². The maximum absolute atomic E-state index is 0. The van der Waals surface area contributed by atoms with Gasteiger partial charge in [0.1, 0.15) is 0 Å². The van der Waals surface area contributed by atoms with Gasteiger partial charge in [-0.05, 0) is 0 Å². The Morgan fingerprint density at radius 3 is 1.00 bits per heavy atom. The van der Waals surface area contributed by atoms with Crippen LogP contribution >= 0.6 is 13.5 Å². The van der Waals surface area contributed by atoms with E-state index < -0.39 is 0 Å². The van der Waals surface area contributed by atoms with Gasteiger partial charge in [-0.25, -0.2) is 0 Å². The predicted octanol–water partition coefficient (Wildman–Crippen LogP) is 0.262. The van der Waals surface area contributed by atoms with E-state index in [1.54, 1.807) is 0 Å².